The highest BCUT2D eigenvalue weighted by Gasteiger charge is 2.72. The van der Waals surface area contributed by atoms with Gasteiger partial charge in [0.1, 0.15) is 28.7 Å². The van der Waals surface area contributed by atoms with Gasteiger partial charge < -0.3 is 29.7 Å². The number of halogens is 4. The number of rotatable bonds is 8. The van der Waals surface area contributed by atoms with E-state index in [9.17, 15) is 13.9 Å². The number of ether oxygens (including phenoxy) is 2. The second-order valence-corrected chi connectivity index (χ2v) is 15.1. The molecular weight excluding hydrogens is 650 g/mol. The minimum Gasteiger partial charge on any atom is -0.508 e. The molecule has 2 aliphatic carbocycles. The van der Waals surface area contributed by atoms with Crippen molar-refractivity contribution >= 4 is 27.5 Å². The summed E-state index contributed by atoms with van der Waals surface area (Å²) in [6, 6.07) is 7.72. The number of nitrogens with one attached hydrogen (secondary N) is 1. The summed E-state index contributed by atoms with van der Waals surface area (Å²) >= 11 is 0. The van der Waals surface area contributed by atoms with Gasteiger partial charge in [0.15, 0.2) is 5.82 Å². The third-order valence-corrected chi connectivity index (χ3v) is 11.7. The Bertz CT molecular complexity index is 2100. The van der Waals surface area contributed by atoms with Gasteiger partial charge in [-0.05, 0) is 68.3 Å². The first-order chi connectivity index (χ1) is 24.0. The molecule has 2 bridgehead atoms. The van der Waals surface area contributed by atoms with Gasteiger partial charge in [0, 0.05) is 66.4 Å². The van der Waals surface area contributed by atoms with Crippen molar-refractivity contribution in [3.8, 4) is 41.0 Å². The zero-order valence-corrected chi connectivity index (χ0v) is 27.7. The van der Waals surface area contributed by atoms with Crippen molar-refractivity contribution in [1.82, 2.24) is 20.2 Å². The number of likely N-dealkylation sites (tertiary alicyclic amines) is 1. The first kappa shape index (κ1) is 31.6. The maximum Gasteiger partial charge on any atom is 0.319 e. The van der Waals surface area contributed by atoms with Gasteiger partial charge in [-0.25, -0.2) is 17.6 Å². The van der Waals surface area contributed by atoms with Crippen molar-refractivity contribution in [2.75, 3.05) is 51.3 Å². The number of phenolic OH excluding ortho intramolecular Hbond substituents is 1. The normalized spacial score (nSPS) is 26.1. The molecular formula is C38H37F4N5O3. The van der Waals surface area contributed by atoms with Gasteiger partial charge in [0.25, 0.3) is 5.92 Å². The van der Waals surface area contributed by atoms with Crippen LogP contribution in [0.15, 0.2) is 30.3 Å². The quantitative estimate of drug-likeness (QED) is 0.166. The Balaban J connectivity index is 1.13. The third kappa shape index (κ3) is 5.03. The lowest BCUT2D eigenvalue weighted by molar-refractivity contribution is 0.0644. The predicted octanol–water partition coefficient (Wildman–Crippen LogP) is 6.25. The Labute approximate surface area is 286 Å². The van der Waals surface area contributed by atoms with Crippen molar-refractivity contribution in [3.63, 3.8) is 0 Å². The molecule has 0 amide bonds. The Morgan fingerprint density at radius 3 is 2.50 bits per heavy atom. The van der Waals surface area contributed by atoms with Gasteiger partial charge in [0.2, 0.25) is 0 Å². The molecule has 5 fully saturated rings. The van der Waals surface area contributed by atoms with Gasteiger partial charge in [-0.15, -0.1) is 6.42 Å². The number of phenols is 1. The summed E-state index contributed by atoms with van der Waals surface area (Å²) < 4.78 is 72.5. The smallest absolute Gasteiger partial charge is 0.319 e. The molecule has 4 aromatic rings. The molecule has 12 heteroatoms. The molecule has 3 aromatic carbocycles. The summed E-state index contributed by atoms with van der Waals surface area (Å²) in [5.41, 5.74) is -1.02. The summed E-state index contributed by atoms with van der Waals surface area (Å²) in [6.45, 7) is 3.30. The van der Waals surface area contributed by atoms with Gasteiger partial charge in [-0.3, -0.25) is 0 Å². The number of anilines is 1. The molecule has 50 heavy (non-hydrogen) atoms. The van der Waals surface area contributed by atoms with Gasteiger partial charge >= 0.3 is 6.01 Å². The number of terminal acetylenes is 1. The fraction of sp³-hybridized carbons (Fsp3) is 0.474. The van der Waals surface area contributed by atoms with Gasteiger partial charge in [-0.2, -0.15) is 9.97 Å². The number of piperazine rings is 1. The Kier molecular flexibility index (Phi) is 7.01. The molecule has 3 unspecified atom stereocenters. The number of methoxy groups -OCH3 is 1. The van der Waals surface area contributed by atoms with Crippen molar-refractivity contribution in [2.24, 2.45) is 10.8 Å². The Hall–Kier alpha value is -4.34. The van der Waals surface area contributed by atoms with E-state index in [2.05, 4.69) is 26.0 Å². The number of nitrogens with zero attached hydrogens (tertiary/aromatic N) is 4. The zero-order valence-electron chi connectivity index (χ0n) is 27.7. The molecule has 260 valence electrons. The van der Waals surface area contributed by atoms with E-state index in [1.54, 1.807) is 6.07 Å². The average Bonchev–Trinajstić information content (AvgIpc) is 3.85. The highest BCUT2D eigenvalue weighted by Crippen LogP contribution is 2.65. The fourth-order valence-corrected chi connectivity index (χ4v) is 8.75. The number of aromatic nitrogens is 2. The SMILES string of the molecule is C#Cc1c(F)ccc2cc(O)cc(-c3c(OC)cc4c(N5CC6CCC(C5)N6)nc(OCC5(CN6CCC7(C6)CC7(F)F)CC5)nc4c3F)c12. The lowest BCUT2D eigenvalue weighted by atomic mass is 9.92. The zero-order chi connectivity index (χ0) is 34.6. The molecule has 3 atom stereocenters. The van der Waals surface area contributed by atoms with Crippen LogP contribution in [-0.2, 0) is 0 Å². The predicted molar refractivity (Wildman–Crippen MR) is 181 cm³/mol. The van der Waals surface area contributed by atoms with Crippen LogP contribution in [0.4, 0.5) is 23.4 Å². The van der Waals surface area contributed by atoms with Crippen LogP contribution in [0.3, 0.4) is 0 Å². The number of hydrogen-bond acceptors (Lipinski definition) is 8. The molecule has 5 aliphatic rings. The molecule has 4 heterocycles. The molecule has 3 saturated heterocycles. The minimum atomic E-state index is -2.57. The largest absolute Gasteiger partial charge is 0.508 e. The van der Waals surface area contributed by atoms with Crippen LogP contribution < -0.4 is 19.7 Å². The third-order valence-electron chi connectivity index (χ3n) is 11.7. The highest BCUT2D eigenvalue weighted by molar-refractivity contribution is 6.05. The number of hydrogen-bond donors (Lipinski definition) is 2. The molecule has 9 rings (SSSR count). The Morgan fingerprint density at radius 1 is 1.08 bits per heavy atom. The average molecular weight is 688 g/mol. The van der Waals surface area contributed by atoms with Crippen LogP contribution in [-0.4, -0.2) is 84.4 Å². The summed E-state index contributed by atoms with van der Waals surface area (Å²) in [5, 5.41) is 15.4. The highest BCUT2D eigenvalue weighted by atomic mass is 19.3. The number of benzene rings is 3. The van der Waals surface area contributed by atoms with Gasteiger partial charge in [-0.1, -0.05) is 12.0 Å². The van der Waals surface area contributed by atoms with Crippen LogP contribution in [0.1, 0.15) is 44.1 Å². The molecule has 1 spiro atoms. The Morgan fingerprint density at radius 2 is 1.84 bits per heavy atom. The van der Waals surface area contributed by atoms with Crippen molar-refractivity contribution < 1.29 is 32.1 Å². The second-order valence-electron chi connectivity index (χ2n) is 15.1. The van der Waals surface area contributed by atoms with E-state index in [1.807, 2.05) is 0 Å². The molecule has 8 nitrogen and oxygen atoms in total. The number of aromatic hydroxyl groups is 1. The van der Waals surface area contributed by atoms with Crippen LogP contribution in [0.2, 0.25) is 0 Å². The molecule has 3 aliphatic heterocycles. The summed E-state index contributed by atoms with van der Waals surface area (Å²) in [5.74, 6) is -1.07. The lowest BCUT2D eigenvalue weighted by Crippen LogP contribution is -2.51. The van der Waals surface area contributed by atoms with Crippen molar-refractivity contribution in [1.29, 1.82) is 0 Å². The van der Waals surface area contributed by atoms with Crippen LogP contribution >= 0.6 is 0 Å². The number of alkyl halides is 2. The molecule has 1 aromatic heterocycles. The maximum atomic E-state index is 17.2. The van der Waals surface area contributed by atoms with E-state index in [1.165, 1.54) is 31.4 Å². The van der Waals surface area contributed by atoms with Crippen molar-refractivity contribution in [2.45, 2.75) is 56.5 Å². The summed E-state index contributed by atoms with van der Waals surface area (Å²) in [6.07, 6.45) is 10.1. The summed E-state index contributed by atoms with van der Waals surface area (Å²) in [7, 11) is 1.42. The van der Waals surface area contributed by atoms with E-state index >= 15 is 8.78 Å². The van der Waals surface area contributed by atoms with Crippen LogP contribution in [0.5, 0.6) is 17.5 Å². The van der Waals surface area contributed by atoms with Crippen LogP contribution in [0, 0.1) is 34.8 Å². The summed E-state index contributed by atoms with van der Waals surface area (Å²) in [4.78, 5) is 13.8. The second kappa shape index (κ2) is 11.1. The number of fused-ring (bicyclic) bond motifs is 4. The molecule has 2 saturated carbocycles. The van der Waals surface area contributed by atoms with E-state index < -0.39 is 23.0 Å². The maximum absolute atomic E-state index is 17.2. The van der Waals surface area contributed by atoms with E-state index in [-0.39, 0.29) is 75.6 Å². The fourth-order valence-electron chi connectivity index (χ4n) is 8.75. The van der Waals surface area contributed by atoms with E-state index in [0.29, 0.717) is 55.7 Å². The molecule has 2 N–H and O–H groups in total. The first-order valence-electron chi connectivity index (χ1n) is 17.3. The molecule has 0 radical (unpaired) electrons. The lowest BCUT2D eigenvalue weighted by Gasteiger charge is -2.34. The van der Waals surface area contributed by atoms with Gasteiger partial charge in [0.05, 0.1) is 30.3 Å². The van der Waals surface area contributed by atoms with E-state index in [0.717, 1.165) is 25.7 Å². The van der Waals surface area contributed by atoms with E-state index in [4.69, 9.17) is 20.9 Å². The van der Waals surface area contributed by atoms with Crippen molar-refractivity contribution in [3.05, 3.63) is 47.5 Å². The standard InChI is InChI=1S/C38H37F4N5O3/c1-3-25-28(39)7-4-21-12-24(48)13-26(30(21)25)31-29(49-2)14-27-33(32(31)40)44-35(45-34(27)47-15-22-5-6-23(16-47)43-22)50-20-36(8-9-36)18-46-11-10-37(19-46)17-38(37,41)42/h1,4,7,12-14,22-23,43,48H,5-6,8-11,15-20H2,2H3. The van der Waals surface area contributed by atoms with Crippen LogP contribution in [0.25, 0.3) is 32.8 Å². The first-order valence-corrected chi connectivity index (χ1v) is 17.3. The topological polar surface area (TPSA) is 83.0 Å². The minimum absolute atomic E-state index is 0.0101. The monoisotopic (exact) mass is 687 g/mol.